The fraction of sp³-hybridized carbons (Fsp3) is 0.222. The highest BCUT2D eigenvalue weighted by Gasteiger charge is 2.29. The van der Waals surface area contributed by atoms with Gasteiger partial charge < -0.3 is 15.0 Å². The van der Waals surface area contributed by atoms with Gasteiger partial charge in [-0.05, 0) is 48.2 Å². The lowest BCUT2D eigenvalue weighted by Gasteiger charge is -2.32. The highest BCUT2D eigenvalue weighted by atomic mass is 16.5. The van der Waals surface area contributed by atoms with Crippen LogP contribution in [0.3, 0.4) is 0 Å². The Morgan fingerprint density at radius 2 is 1.64 bits per heavy atom. The molecule has 1 atom stereocenters. The van der Waals surface area contributed by atoms with E-state index in [0.717, 1.165) is 23.2 Å². The van der Waals surface area contributed by atoms with E-state index in [0.29, 0.717) is 24.1 Å². The first-order valence-electron chi connectivity index (χ1n) is 11.0. The zero-order valence-corrected chi connectivity index (χ0v) is 18.5. The molecule has 168 valence electrons. The Labute approximate surface area is 193 Å². The van der Waals surface area contributed by atoms with Crippen LogP contribution in [0.4, 0.5) is 5.69 Å². The van der Waals surface area contributed by atoms with Crippen molar-refractivity contribution in [2.24, 2.45) is 0 Å². The molecule has 1 unspecified atom stereocenters. The molecule has 6 heteroatoms. The highest BCUT2D eigenvalue weighted by Crippen LogP contribution is 2.32. The van der Waals surface area contributed by atoms with Gasteiger partial charge in [-0.15, -0.1) is 0 Å². The van der Waals surface area contributed by atoms with Gasteiger partial charge >= 0.3 is 5.97 Å². The zero-order valence-electron chi connectivity index (χ0n) is 18.5. The van der Waals surface area contributed by atoms with Gasteiger partial charge in [0.25, 0.3) is 5.91 Å². The molecule has 6 nitrogen and oxygen atoms in total. The van der Waals surface area contributed by atoms with Crippen molar-refractivity contribution in [1.29, 1.82) is 0 Å². The lowest BCUT2D eigenvalue weighted by atomic mass is 9.95. The summed E-state index contributed by atoms with van der Waals surface area (Å²) in [6.45, 7) is 0.560. The molecule has 1 aliphatic heterocycles. The van der Waals surface area contributed by atoms with E-state index >= 15 is 0 Å². The molecular formula is C27H26N2O4. The van der Waals surface area contributed by atoms with Gasteiger partial charge in [0.15, 0.2) is 0 Å². The van der Waals surface area contributed by atoms with Gasteiger partial charge in [0.2, 0.25) is 5.91 Å². The molecule has 0 aromatic heterocycles. The fourth-order valence-electron chi connectivity index (χ4n) is 4.24. The number of anilines is 1. The molecule has 3 aromatic carbocycles. The van der Waals surface area contributed by atoms with Gasteiger partial charge in [0, 0.05) is 17.8 Å². The SMILES string of the molecule is COC(=O)c1cccc2c1CCCN2C(=O)CC(NC(=O)c1ccccc1)c1ccccc1. The summed E-state index contributed by atoms with van der Waals surface area (Å²) in [7, 11) is 1.35. The predicted molar refractivity (Wildman–Crippen MR) is 126 cm³/mol. The maximum atomic E-state index is 13.5. The summed E-state index contributed by atoms with van der Waals surface area (Å²) in [6.07, 6.45) is 1.56. The predicted octanol–water partition coefficient (Wildman–Crippen LogP) is 4.31. The van der Waals surface area contributed by atoms with Crippen LogP contribution in [0.25, 0.3) is 0 Å². The Hall–Kier alpha value is -3.93. The minimum Gasteiger partial charge on any atom is -0.465 e. The van der Waals surface area contributed by atoms with Gasteiger partial charge in [0.05, 0.1) is 25.1 Å². The Morgan fingerprint density at radius 3 is 2.33 bits per heavy atom. The van der Waals surface area contributed by atoms with Gasteiger partial charge in [-0.2, -0.15) is 0 Å². The van der Waals surface area contributed by atoms with Crippen LogP contribution < -0.4 is 10.2 Å². The number of nitrogens with one attached hydrogen (secondary N) is 1. The number of fused-ring (bicyclic) bond motifs is 1. The lowest BCUT2D eigenvalue weighted by molar-refractivity contribution is -0.119. The van der Waals surface area contributed by atoms with E-state index in [-0.39, 0.29) is 18.2 Å². The monoisotopic (exact) mass is 442 g/mol. The lowest BCUT2D eigenvalue weighted by Crippen LogP contribution is -2.39. The molecule has 0 saturated heterocycles. The average molecular weight is 443 g/mol. The van der Waals surface area contributed by atoms with Crippen molar-refractivity contribution in [3.05, 3.63) is 101 Å². The molecule has 1 aliphatic rings. The van der Waals surface area contributed by atoms with Crippen molar-refractivity contribution >= 4 is 23.5 Å². The molecular weight excluding hydrogens is 416 g/mol. The van der Waals surface area contributed by atoms with Crippen molar-refractivity contribution in [1.82, 2.24) is 5.32 Å². The molecule has 2 amide bonds. The molecule has 0 aliphatic carbocycles. The maximum Gasteiger partial charge on any atom is 0.338 e. The normalized spacial score (nSPS) is 13.5. The van der Waals surface area contributed by atoms with Crippen molar-refractivity contribution in [3.63, 3.8) is 0 Å². The molecule has 33 heavy (non-hydrogen) atoms. The molecule has 0 radical (unpaired) electrons. The minimum absolute atomic E-state index is 0.102. The molecule has 3 aromatic rings. The largest absolute Gasteiger partial charge is 0.465 e. The van der Waals surface area contributed by atoms with Crippen LogP contribution in [0.1, 0.15) is 50.7 Å². The second-order valence-electron chi connectivity index (χ2n) is 7.95. The first-order chi connectivity index (χ1) is 16.1. The van der Waals surface area contributed by atoms with Crippen molar-refractivity contribution in [2.75, 3.05) is 18.6 Å². The number of amides is 2. The van der Waals surface area contributed by atoms with Crippen LogP contribution in [-0.2, 0) is 16.0 Å². The molecule has 1 N–H and O–H groups in total. The second kappa shape index (κ2) is 10.1. The summed E-state index contributed by atoms with van der Waals surface area (Å²) < 4.78 is 4.92. The molecule has 0 fully saturated rings. The molecule has 0 spiro atoms. The number of esters is 1. The average Bonchev–Trinajstić information content (AvgIpc) is 2.88. The number of methoxy groups -OCH3 is 1. The molecule has 4 rings (SSSR count). The Morgan fingerprint density at radius 1 is 0.939 bits per heavy atom. The third kappa shape index (κ3) is 4.95. The van der Waals surface area contributed by atoms with Gasteiger partial charge in [0.1, 0.15) is 0 Å². The Kier molecular flexibility index (Phi) is 6.83. The van der Waals surface area contributed by atoms with Crippen molar-refractivity contribution < 1.29 is 19.1 Å². The second-order valence-corrected chi connectivity index (χ2v) is 7.95. The van der Waals surface area contributed by atoms with Crippen LogP contribution in [0.15, 0.2) is 78.9 Å². The Balaban J connectivity index is 1.59. The number of carbonyl (C=O) groups excluding carboxylic acids is 3. The number of benzene rings is 3. The summed E-state index contributed by atoms with van der Waals surface area (Å²) in [5.74, 6) is -0.747. The van der Waals surface area contributed by atoms with Gasteiger partial charge in [-0.1, -0.05) is 54.6 Å². The number of hydrogen-bond donors (Lipinski definition) is 1. The van der Waals surface area contributed by atoms with E-state index in [2.05, 4.69) is 5.32 Å². The first kappa shape index (κ1) is 22.3. The van der Waals surface area contributed by atoms with Crippen molar-refractivity contribution in [2.45, 2.75) is 25.3 Å². The summed E-state index contributed by atoms with van der Waals surface area (Å²) in [6, 6.07) is 23.3. The van der Waals surface area contributed by atoms with E-state index in [4.69, 9.17) is 4.74 Å². The van der Waals surface area contributed by atoms with Crippen LogP contribution in [-0.4, -0.2) is 31.4 Å². The highest BCUT2D eigenvalue weighted by molar-refractivity contribution is 6.00. The van der Waals surface area contributed by atoms with Crippen molar-refractivity contribution in [3.8, 4) is 0 Å². The van der Waals surface area contributed by atoms with Gasteiger partial charge in [-0.3, -0.25) is 9.59 Å². The van der Waals surface area contributed by atoms with E-state index in [1.807, 2.05) is 42.5 Å². The van der Waals surface area contributed by atoms with Crippen LogP contribution in [0.5, 0.6) is 0 Å². The number of ether oxygens (including phenoxy) is 1. The number of hydrogen-bond acceptors (Lipinski definition) is 4. The fourth-order valence-corrected chi connectivity index (χ4v) is 4.24. The third-order valence-corrected chi connectivity index (χ3v) is 5.88. The minimum atomic E-state index is -0.486. The summed E-state index contributed by atoms with van der Waals surface area (Å²) in [5, 5.41) is 3.02. The Bertz CT molecular complexity index is 1150. The standard InChI is InChI=1S/C27H26N2O4/c1-33-27(32)22-14-8-16-24-21(22)15-9-17-29(24)25(30)18-23(19-10-4-2-5-11-19)28-26(31)20-12-6-3-7-13-20/h2-8,10-14,16,23H,9,15,17-18H2,1H3,(H,28,31). The summed E-state index contributed by atoms with van der Waals surface area (Å²) >= 11 is 0. The van der Waals surface area contributed by atoms with Gasteiger partial charge in [-0.25, -0.2) is 4.79 Å². The van der Waals surface area contributed by atoms with E-state index in [1.54, 1.807) is 41.3 Å². The third-order valence-electron chi connectivity index (χ3n) is 5.88. The van der Waals surface area contributed by atoms with E-state index < -0.39 is 12.0 Å². The number of rotatable bonds is 6. The summed E-state index contributed by atoms with van der Waals surface area (Å²) in [4.78, 5) is 40.2. The number of carbonyl (C=O) groups is 3. The topological polar surface area (TPSA) is 75.7 Å². The number of nitrogens with zero attached hydrogens (tertiary/aromatic N) is 1. The van der Waals surface area contributed by atoms with Crippen LogP contribution in [0.2, 0.25) is 0 Å². The smallest absolute Gasteiger partial charge is 0.338 e. The van der Waals surface area contributed by atoms with E-state index in [1.165, 1.54) is 7.11 Å². The van der Waals surface area contributed by atoms with Crippen LogP contribution >= 0.6 is 0 Å². The van der Waals surface area contributed by atoms with E-state index in [9.17, 15) is 14.4 Å². The maximum absolute atomic E-state index is 13.5. The molecule has 1 heterocycles. The zero-order chi connectivity index (χ0) is 23.2. The quantitative estimate of drug-likeness (QED) is 0.577. The molecule has 0 bridgehead atoms. The first-order valence-corrected chi connectivity index (χ1v) is 11.0. The van der Waals surface area contributed by atoms with Crippen LogP contribution in [0, 0.1) is 0 Å². The summed E-state index contributed by atoms with van der Waals surface area (Å²) in [5.41, 5.74) is 3.45. The molecule has 0 saturated carbocycles.